The second-order valence-electron chi connectivity index (χ2n) is 6.52. The predicted octanol–water partition coefficient (Wildman–Crippen LogP) is 4.66. The molecule has 2 aliphatic heterocycles. The standard InChI is InChI=1S/C22H25NO4S/c1-6-15(28-7-2)12-18-21(24)20-17(26-5)13-16(25-4)19(22(20)27-18)14-8-10-23(3)11-9-14/h6-8,12-13H,2,9-11H2,1,3-5H3/b15-6-,18-12-. The second kappa shape index (κ2) is 8.71. The van der Waals surface area contributed by atoms with Gasteiger partial charge < -0.3 is 19.1 Å². The molecular formula is C22H25NO4S. The van der Waals surface area contributed by atoms with E-state index in [1.165, 1.54) is 11.8 Å². The van der Waals surface area contributed by atoms with E-state index in [0.717, 1.165) is 35.6 Å². The van der Waals surface area contributed by atoms with Crippen LogP contribution in [0.2, 0.25) is 0 Å². The number of allylic oxidation sites excluding steroid dienone is 3. The van der Waals surface area contributed by atoms with Crippen LogP contribution in [-0.2, 0) is 0 Å². The average Bonchev–Trinajstić information content (AvgIpc) is 3.03. The van der Waals surface area contributed by atoms with Crippen molar-refractivity contribution in [2.24, 2.45) is 0 Å². The van der Waals surface area contributed by atoms with Crippen molar-refractivity contribution in [1.29, 1.82) is 0 Å². The number of benzene rings is 1. The minimum Gasteiger partial charge on any atom is -0.496 e. The van der Waals surface area contributed by atoms with Crippen molar-refractivity contribution in [2.75, 3.05) is 34.4 Å². The summed E-state index contributed by atoms with van der Waals surface area (Å²) < 4.78 is 17.2. The minimum atomic E-state index is -0.187. The highest BCUT2D eigenvalue weighted by molar-refractivity contribution is 8.06. The molecule has 2 heterocycles. The number of thioether (sulfide) groups is 1. The molecule has 2 aliphatic rings. The zero-order chi connectivity index (χ0) is 20.3. The molecule has 0 spiro atoms. The number of ketones is 1. The summed E-state index contributed by atoms with van der Waals surface area (Å²) in [5, 5.41) is 1.72. The molecule has 0 saturated carbocycles. The van der Waals surface area contributed by atoms with Gasteiger partial charge in [-0.1, -0.05) is 30.5 Å². The van der Waals surface area contributed by atoms with Crippen LogP contribution in [0.4, 0.5) is 0 Å². The average molecular weight is 400 g/mol. The highest BCUT2D eigenvalue weighted by atomic mass is 32.2. The molecule has 0 fully saturated rings. The van der Waals surface area contributed by atoms with Gasteiger partial charge in [-0.3, -0.25) is 4.79 Å². The third kappa shape index (κ3) is 3.75. The first-order valence-electron chi connectivity index (χ1n) is 9.09. The van der Waals surface area contributed by atoms with Gasteiger partial charge in [0.25, 0.3) is 0 Å². The van der Waals surface area contributed by atoms with E-state index >= 15 is 0 Å². The number of hydrogen-bond acceptors (Lipinski definition) is 6. The van der Waals surface area contributed by atoms with E-state index in [-0.39, 0.29) is 11.5 Å². The Morgan fingerprint density at radius 3 is 2.57 bits per heavy atom. The molecule has 3 rings (SSSR count). The lowest BCUT2D eigenvalue weighted by atomic mass is 9.94. The molecule has 6 heteroatoms. The van der Waals surface area contributed by atoms with Crippen LogP contribution >= 0.6 is 11.8 Å². The van der Waals surface area contributed by atoms with E-state index in [9.17, 15) is 4.79 Å². The van der Waals surface area contributed by atoms with Gasteiger partial charge in [-0.2, -0.15) is 0 Å². The number of nitrogens with zero attached hydrogens (tertiary/aromatic N) is 1. The van der Waals surface area contributed by atoms with Crippen molar-refractivity contribution in [3.8, 4) is 17.2 Å². The molecule has 0 unspecified atom stereocenters. The SMILES string of the molecule is C=CSC(=C\C)/C=C1\Oc2c(c(OC)cc(OC)c2C2=CCN(C)CC2)C1=O. The zero-order valence-corrected chi connectivity index (χ0v) is 17.5. The molecule has 0 radical (unpaired) electrons. The van der Waals surface area contributed by atoms with Crippen LogP contribution in [0.3, 0.4) is 0 Å². The largest absolute Gasteiger partial charge is 0.496 e. The first-order valence-corrected chi connectivity index (χ1v) is 9.97. The lowest BCUT2D eigenvalue weighted by molar-refractivity contribution is 0.101. The van der Waals surface area contributed by atoms with Crippen LogP contribution in [0, 0.1) is 0 Å². The molecular weight excluding hydrogens is 374 g/mol. The van der Waals surface area contributed by atoms with Crippen LogP contribution < -0.4 is 14.2 Å². The predicted molar refractivity (Wildman–Crippen MR) is 114 cm³/mol. The highest BCUT2D eigenvalue weighted by Gasteiger charge is 2.36. The van der Waals surface area contributed by atoms with Crippen LogP contribution in [0.25, 0.3) is 5.57 Å². The quantitative estimate of drug-likeness (QED) is 0.649. The summed E-state index contributed by atoms with van der Waals surface area (Å²) in [5.41, 5.74) is 2.40. The molecule has 0 atom stereocenters. The molecule has 0 N–H and O–H groups in total. The van der Waals surface area contributed by atoms with Crippen LogP contribution in [0.1, 0.15) is 29.3 Å². The molecule has 1 aromatic carbocycles. The van der Waals surface area contributed by atoms with E-state index in [2.05, 4.69) is 24.6 Å². The Morgan fingerprint density at radius 2 is 2.00 bits per heavy atom. The molecule has 0 aliphatic carbocycles. The number of ether oxygens (including phenoxy) is 3. The van der Waals surface area contributed by atoms with Crippen molar-refractivity contribution >= 4 is 23.1 Å². The number of methoxy groups -OCH3 is 2. The van der Waals surface area contributed by atoms with E-state index < -0.39 is 0 Å². The van der Waals surface area contributed by atoms with Crippen molar-refractivity contribution in [1.82, 2.24) is 4.90 Å². The van der Waals surface area contributed by atoms with Gasteiger partial charge in [-0.15, -0.1) is 0 Å². The summed E-state index contributed by atoms with van der Waals surface area (Å²) >= 11 is 1.44. The van der Waals surface area contributed by atoms with E-state index in [0.29, 0.717) is 22.8 Å². The van der Waals surface area contributed by atoms with Gasteiger partial charge in [-0.25, -0.2) is 0 Å². The summed E-state index contributed by atoms with van der Waals surface area (Å²) in [7, 11) is 5.25. The van der Waals surface area contributed by atoms with Crippen molar-refractivity contribution in [3.05, 3.63) is 58.1 Å². The van der Waals surface area contributed by atoms with Crippen molar-refractivity contribution in [3.63, 3.8) is 0 Å². The Hall–Kier alpha value is -2.44. The highest BCUT2D eigenvalue weighted by Crippen LogP contribution is 2.49. The number of fused-ring (bicyclic) bond motifs is 1. The monoisotopic (exact) mass is 399 g/mol. The van der Waals surface area contributed by atoms with Crippen molar-refractivity contribution in [2.45, 2.75) is 13.3 Å². The smallest absolute Gasteiger partial charge is 0.235 e. The maximum absolute atomic E-state index is 13.1. The third-order valence-corrected chi connectivity index (χ3v) is 5.61. The lowest BCUT2D eigenvalue weighted by Gasteiger charge is -2.24. The summed E-state index contributed by atoms with van der Waals surface area (Å²) in [4.78, 5) is 16.2. The second-order valence-corrected chi connectivity index (χ2v) is 7.56. The lowest BCUT2D eigenvalue weighted by Crippen LogP contribution is -2.23. The molecule has 0 amide bonds. The molecule has 0 saturated heterocycles. The Morgan fingerprint density at radius 1 is 1.29 bits per heavy atom. The summed E-state index contributed by atoms with van der Waals surface area (Å²) in [6.45, 7) is 7.42. The Kier molecular flexibility index (Phi) is 6.31. The molecule has 5 nitrogen and oxygen atoms in total. The van der Waals surface area contributed by atoms with E-state index in [1.54, 1.807) is 31.8 Å². The van der Waals surface area contributed by atoms with Gasteiger partial charge in [0.15, 0.2) is 11.5 Å². The minimum absolute atomic E-state index is 0.187. The summed E-state index contributed by atoms with van der Waals surface area (Å²) in [6.07, 6.45) is 6.67. The van der Waals surface area contributed by atoms with E-state index in [1.807, 2.05) is 13.0 Å². The van der Waals surface area contributed by atoms with Crippen LogP contribution in [0.15, 0.2) is 46.9 Å². The maximum Gasteiger partial charge on any atom is 0.235 e. The van der Waals surface area contributed by atoms with Gasteiger partial charge in [0.1, 0.15) is 17.1 Å². The summed E-state index contributed by atoms with van der Waals surface area (Å²) in [5.74, 6) is 1.71. The molecule has 0 aromatic heterocycles. The summed E-state index contributed by atoms with van der Waals surface area (Å²) in [6, 6.07) is 1.77. The molecule has 148 valence electrons. The van der Waals surface area contributed by atoms with Gasteiger partial charge in [0.2, 0.25) is 5.78 Å². The fourth-order valence-electron chi connectivity index (χ4n) is 3.34. The van der Waals surface area contributed by atoms with E-state index in [4.69, 9.17) is 14.2 Å². The van der Waals surface area contributed by atoms with Gasteiger partial charge in [0.05, 0.1) is 19.8 Å². The Labute approximate surface area is 170 Å². The molecule has 0 bridgehead atoms. The van der Waals surface area contributed by atoms with Gasteiger partial charge in [0, 0.05) is 24.1 Å². The molecule has 1 aromatic rings. The first kappa shape index (κ1) is 20.3. The number of carbonyl (C=O) groups excluding carboxylic acids is 1. The zero-order valence-electron chi connectivity index (χ0n) is 16.7. The number of likely N-dealkylation sites (N-methyl/N-ethyl adjacent to an activating group) is 1. The van der Waals surface area contributed by atoms with Gasteiger partial charge in [-0.05, 0) is 37.4 Å². The van der Waals surface area contributed by atoms with Crippen LogP contribution in [-0.4, -0.2) is 45.0 Å². The van der Waals surface area contributed by atoms with Crippen LogP contribution in [0.5, 0.6) is 17.2 Å². The number of rotatable bonds is 6. The fourth-order valence-corrected chi connectivity index (χ4v) is 3.84. The normalized spacial score (nSPS) is 18.6. The number of carbonyl (C=O) groups is 1. The Balaban J connectivity index is 2.16. The number of Topliss-reactive ketones (excluding diaryl/α,β-unsaturated/α-hetero) is 1. The number of hydrogen-bond donors (Lipinski definition) is 0. The van der Waals surface area contributed by atoms with Crippen molar-refractivity contribution < 1.29 is 19.0 Å². The molecule has 28 heavy (non-hydrogen) atoms. The topological polar surface area (TPSA) is 48.0 Å². The first-order chi connectivity index (χ1) is 13.5. The fraction of sp³-hybridized carbons (Fsp3) is 0.318. The Bertz CT molecular complexity index is 898. The van der Waals surface area contributed by atoms with Gasteiger partial charge >= 0.3 is 0 Å². The maximum atomic E-state index is 13.1. The third-order valence-electron chi connectivity index (χ3n) is 4.82.